The zero-order valence-corrected chi connectivity index (χ0v) is 19.5. The topological polar surface area (TPSA) is 32.8 Å². The molecule has 164 valence electrons. The summed E-state index contributed by atoms with van der Waals surface area (Å²) in [4.78, 5) is 0. The highest BCUT2D eigenvalue weighted by atomic mass is 16.6. The van der Waals surface area contributed by atoms with Crippen LogP contribution in [-0.4, -0.2) is 23.4 Å². The molecule has 2 nitrogen and oxygen atoms in total. The molecular formula is C27H44O2. The maximum atomic E-state index is 10.2. The number of ether oxygens (including phenoxy) is 1. The Morgan fingerprint density at radius 2 is 1.90 bits per heavy atom. The number of hydrogen-bond acceptors (Lipinski definition) is 2. The number of aliphatic hydroxyl groups excluding tert-OH is 1. The van der Waals surface area contributed by atoms with Crippen LogP contribution in [0.4, 0.5) is 0 Å². The molecule has 4 fully saturated rings. The Morgan fingerprint density at radius 1 is 1.10 bits per heavy atom. The van der Waals surface area contributed by atoms with Crippen LogP contribution in [-0.2, 0) is 4.74 Å². The minimum Gasteiger partial charge on any atom is -0.393 e. The largest absolute Gasteiger partial charge is 0.393 e. The molecule has 0 aromatic rings. The van der Waals surface area contributed by atoms with Gasteiger partial charge >= 0.3 is 0 Å². The lowest BCUT2D eigenvalue weighted by Crippen LogP contribution is -2.52. The van der Waals surface area contributed by atoms with Crippen LogP contribution in [0.1, 0.15) is 92.4 Å². The number of allylic oxidation sites excluding steroid dienone is 1. The van der Waals surface area contributed by atoms with E-state index in [0.717, 1.165) is 48.3 Å². The Bertz CT molecular complexity index is 667. The first kappa shape index (κ1) is 20.6. The predicted molar refractivity (Wildman–Crippen MR) is 118 cm³/mol. The molecule has 5 aliphatic rings. The van der Waals surface area contributed by atoms with E-state index in [0.29, 0.717) is 23.0 Å². The summed E-state index contributed by atoms with van der Waals surface area (Å²) in [5.74, 6) is 4.79. The lowest BCUT2D eigenvalue weighted by atomic mass is 9.46. The van der Waals surface area contributed by atoms with Crippen LogP contribution < -0.4 is 0 Å². The van der Waals surface area contributed by atoms with Gasteiger partial charge in [0.05, 0.1) is 18.3 Å². The molecule has 1 aliphatic heterocycles. The van der Waals surface area contributed by atoms with E-state index in [9.17, 15) is 5.11 Å². The molecule has 1 heterocycles. The lowest BCUT2D eigenvalue weighted by Gasteiger charge is -2.59. The second-order valence-electron chi connectivity index (χ2n) is 12.5. The summed E-state index contributed by atoms with van der Waals surface area (Å²) in [6, 6.07) is 0. The summed E-state index contributed by atoms with van der Waals surface area (Å²) in [5, 5.41) is 10.2. The third-order valence-electron chi connectivity index (χ3n) is 10.5. The molecule has 1 N–H and O–H groups in total. The average molecular weight is 401 g/mol. The number of fused-ring (bicyclic) bond motifs is 7. The Labute approximate surface area is 178 Å². The van der Waals surface area contributed by atoms with Crippen molar-refractivity contribution < 1.29 is 9.84 Å². The van der Waals surface area contributed by atoms with Crippen LogP contribution in [0, 0.1) is 46.3 Å². The highest BCUT2D eigenvalue weighted by Gasteiger charge is 2.72. The van der Waals surface area contributed by atoms with Crippen LogP contribution >= 0.6 is 0 Å². The van der Waals surface area contributed by atoms with Gasteiger partial charge in [0.1, 0.15) is 0 Å². The van der Waals surface area contributed by atoms with E-state index in [1.165, 1.54) is 44.9 Å². The Morgan fingerprint density at radius 3 is 2.66 bits per heavy atom. The van der Waals surface area contributed by atoms with E-state index >= 15 is 0 Å². The first-order chi connectivity index (χ1) is 13.8. The highest BCUT2D eigenvalue weighted by molar-refractivity contribution is 5.28. The maximum absolute atomic E-state index is 10.2. The zero-order chi connectivity index (χ0) is 20.6. The van der Waals surface area contributed by atoms with Gasteiger partial charge in [0, 0.05) is 0 Å². The molecule has 0 radical (unpaired) electrons. The molecular weight excluding hydrogens is 356 g/mol. The molecule has 4 aliphatic carbocycles. The third-order valence-corrected chi connectivity index (χ3v) is 10.5. The third kappa shape index (κ3) is 3.10. The van der Waals surface area contributed by atoms with Gasteiger partial charge in [-0.05, 0) is 84.9 Å². The van der Waals surface area contributed by atoms with Gasteiger partial charge in [-0.1, -0.05) is 65.5 Å². The molecule has 0 amide bonds. The van der Waals surface area contributed by atoms with E-state index in [2.05, 4.69) is 40.7 Å². The lowest BCUT2D eigenvalue weighted by molar-refractivity contribution is -0.0932. The first-order valence-electron chi connectivity index (χ1n) is 12.8. The van der Waals surface area contributed by atoms with E-state index in [-0.39, 0.29) is 6.10 Å². The van der Waals surface area contributed by atoms with Crippen molar-refractivity contribution >= 4 is 0 Å². The number of rotatable bonds is 5. The number of epoxide rings is 1. The summed E-state index contributed by atoms with van der Waals surface area (Å²) in [6.07, 6.45) is 14.9. The van der Waals surface area contributed by atoms with Crippen molar-refractivity contribution in [2.24, 2.45) is 46.3 Å². The quantitative estimate of drug-likeness (QED) is 0.429. The van der Waals surface area contributed by atoms with Crippen molar-refractivity contribution in [2.75, 3.05) is 0 Å². The summed E-state index contributed by atoms with van der Waals surface area (Å²) in [7, 11) is 0. The number of hydrogen-bond donors (Lipinski definition) is 1. The van der Waals surface area contributed by atoms with Crippen LogP contribution in [0.2, 0.25) is 0 Å². The highest BCUT2D eigenvalue weighted by Crippen LogP contribution is 2.71. The van der Waals surface area contributed by atoms with E-state index < -0.39 is 0 Å². The fourth-order valence-corrected chi connectivity index (χ4v) is 9.02. The second-order valence-corrected chi connectivity index (χ2v) is 12.5. The standard InChI is InChI=1S/C27H44O2/c1-16(2)7-6-8-17(3)22-24-25(29-24)23-20-10-9-18-15-19(28)11-13-26(18,4)21(20)12-14-27(22,23)5/h9,16-17,19-25,28H,6-8,10-15H2,1-5H3/t17-,19+,20-,21+,22-,23-,24?,25?,26+,27-/m1/s1. The van der Waals surface area contributed by atoms with Crippen molar-refractivity contribution in [3.63, 3.8) is 0 Å². The predicted octanol–water partition coefficient (Wildman–Crippen LogP) is 6.38. The van der Waals surface area contributed by atoms with Crippen LogP contribution in [0.15, 0.2) is 11.6 Å². The number of aliphatic hydroxyl groups is 1. The Hall–Kier alpha value is -0.340. The van der Waals surface area contributed by atoms with Crippen molar-refractivity contribution in [1.82, 2.24) is 0 Å². The van der Waals surface area contributed by atoms with Crippen molar-refractivity contribution in [3.05, 3.63) is 11.6 Å². The molecule has 3 saturated carbocycles. The van der Waals surface area contributed by atoms with Crippen LogP contribution in [0.3, 0.4) is 0 Å². The fraction of sp³-hybridized carbons (Fsp3) is 0.926. The monoisotopic (exact) mass is 400 g/mol. The molecule has 2 heteroatoms. The summed E-state index contributed by atoms with van der Waals surface area (Å²) in [6.45, 7) is 12.4. The Kier molecular flexibility index (Phi) is 5.03. The van der Waals surface area contributed by atoms with Gasteiger partial charge in [-0.25, -0.2) is 0 Å². The van der Waals surface area contributed by atoms with Gasteiger partial charge < -0.3 is 9.84 Å². The van der Waals surface area contributed by atoms with Gasteiger partial charge in [-0.3, -0.25) is 0 Å². The van der Waals surface area contributed by atoms with Gasteiger partial charge in [-0.15, -0.1) is 0 Å². The minimum atomic E-state index is -0.0987. The van der Waals surface area contributed by atoms with Gasteiger partial charge in [-0.2, -0.15) is 0 Å². The molecule has 0 spiro atoms. The molecule has 2 unspecified atom stereocenters. The normalized spacial score (nSPS) is 51.6. The Balaban J connectivity index is 1.37. The van der Waals surface area contributed by atoms with Crippen molar-refractivity contribution in [2.45, 2.75) is 111 Å². The molecule has 0 bridgehead atoms. The van der Waals surface area contributed by atoms with Crippen LogP contribution in [0.5, 0.6) is 0 Å². The van der Waals surface area contributed by atoms with E-state index in [4.69, 9.17) is 4.74 Å². The second kappa shape index (κ2) is 7.09. The van der Waals surface area contributed by atoms with Gasteiger partial charge in [0.25, 0.3) is 0 Å². The van der Waals surface area contributed by atoms with Crippen molar-refractivity contribution in [1.29, 1.82) is 0 Å². The molecule has 5 rings (SSSR count). The SMILES string of the molecule is CC(C)CCC[C@@H](C)[C@@H]1C2OC2[C@H]2[C@@H]3CC=C4C[C@@H](O)CC[C@]4(C)[C@H]3CC[C@@]21C. The maximum Gasteiger partial charge on any atom is 0.0881 e. The van der Waals surface area contributed by atoms with Crippen LogP contribution in [0.25, 0.3) is 0 Å². The average Bonchev–Trinajstić information content (AvgIpc) is 3.35. The fourth-order valence-electron chi connectivity index (χ4n) is 9.02. The minimum absolute atomic E-state index is 0.0987. The van der Waals surface area contributed by atoms with Gasteiger partial charge in [0.2, 0.25) is 0 Å². The molecule has 10 atom stereocenters. The smallest absolute Gasteiger partial charge is 0.0881 e. The zero-order valence-electron chi connectivity index (χ0n) is 19.5. The molecule has 1 saturated heterocycles. The van der Waals surface area contributed by atoms with Crippen molar-refractivity contribution in [3.8, 4) is 0 Å². The summed E-state index contributed by atoms with van der Waals surface area (Å²) >= 11 is 0. The summed E-state index contributed by atoms with van der Waals surface area (Å²) in [5.41, 5.74) is 2.42. The molecule has 0 aromatic heterocycles. The molecule has 29 heavy (non-hydrogen) atoms. The van der Waals surface area contributed by atoms with E-state index in [1.54, 1.807) is 5.57 Å². The first-order valence-corrected chi connectivity index (χ1v) is 12.8. The summed E-state index contributed by atoms with van der Waals surface area (Å²) < 4.78 is 6.42. The molecule has 0 aromatic carbocycles. The van der Waals surface area contributed by atoms with Gasteiger partial charge in [0.15, 0.2) is 0 Å². The van der Waals surface area contributed by atoms with E-state index in [1.807, 2.05) is 0 Å².